The summed E-state index contributed by atoms with van der Waals surface area (Å²) in [6.07, 6.45) is 8.32. The molecule has 1 atom stereocenters. The number of benzene rings is 2. The van der Waals surface area contributed by atoms with Crippen LogP contribution in [0.5, 0.6) is 5.75 Å². The molecule has 0 radical (unpaired) electrons. The first kappa shape index (κ1) is 26.2. The summed E-state index contributed by atoms with van der Waals surface area (Å²) in [5.74, 6) is 0.582. The van der Waals surface area contributed by atoms with E-state index in [1.54, 1.807) is 0 Å². The molecule has 194 valence electrons. The van der Waals surface area contributed by atoms with Crippen molar-refractivity contribution in [2.24, 2.45) is 0 Å². The average Bonchev–Trinajstić information content (AvgIpc) is 3.41. The van der Waals surface area contributed by atoms with E-state index in [0.29, 0.717) is 19.6 Å². The first-order valence-corrected chi connectivity index (χ1v) is 13.3. The highest BCUT2D eigenvalue weighted by atomic mass is 16.5. The molecule has 0 aliphatic carbocycles. The van der Waals surface area contributed by atoms with Crippen molar-refractivity contribution in [1.82, 2.24) is 0 Å². The number of hydrogen-bond acceptors (Lipinski definition) is 6. The van der Waals surface area contributed by atoms with E-state index in [9.17, 15) is 4.79 Å². The topological polar surface area (TPSA) is 57.2 Å². The van der Waals surface area contributed by atoms with Crippen LogP contribution in [0.15, 0.2) is 48.0 Å². The minimum absolute atomic E-state index is 0.251. The van der Waals surface area contributed by atoms with Crippen LogP contribution in [0.2, 0.25) is 0 Å². The van der Waals surface area contributed by atoms with E-state index in [4.69, 9.17) is 18.9 Å². The summed E-state index contributed by atoms with van der Waals surface area (Å²) in [5.41, 5.74) is 5.09. The summed E-state index contributed by atoms with van der Waals surface area (Å²) in [6.45, 7) is 6.70. The van der Waals surface area contributed by atoms with E-state index >= 15 is 0 Å². The summed E-state index contributed by atoms with van der Waals surface area (Å²) in [4.78, 5) is 14.8. The fourth-order valence-corrected chi connectivity index (χ4v) is 4.80. The Morgan fingerprint density at radius 3 is 2.64 bits per heavy atom. The second-order valence-electron chi connectivity index (χ2n) is 9.46. The van der Waals surface area contributed by atoms with Crippen LogP contribution in [0.4, 0.5) is 5.69 Å². The quantitative estimate of drug-likeness (QED) is 0.288. The third-order valence-corrected chi connectivity index (χ3v) is 6.79. The van der Waals surface area contributed by atoms with Gasteiger partial charge in [0.1, 0.15) is 12.4 Å². The molecule has 2 aliphatic rings. The normalized spacial score (nSPS) is 19.1. The maximum absolute atomic E-state index is 12.4. The SMILES string of the molecule is CCCCOCCOc1ccc(-c2ccc3c(c2)/C=C(/C(=O)OC)CCCN3C[C@H]2CCCO2)cc1. The van der Waals surface area contributed by atoms with Gasteiger partial charge in [-0.2, -0.15) is 0 Å². The molecule has 6 nitrogen and oxygen atoms in total. The van der Waals surface area contributed by atoms with E-state index in [1.807, 2.05) is 18.2 Å². The van der Waals surface area contributed by atoms with Gasteiger partial charge < -0.3 is 23.8 Å². The lowest BCUT2D eigenvalue weighted by Gasteiger charge is -2.31. The van der Waals surface area contributed by atoms with Crippen LogP contribution in [0, 0.1) is 0 Å². The molecule has 0 bridgehead atoms. The molecule has 1 fully saturated rings. The first-order chi connectivity index (χ1) is 17.7. The lowest BCUT2D eigenvalue weighted by Crippen LogP contribution is -2.34. The minimum Gasteiger partial charge on any atom is -0.491 e. The second kappa shape index (κ2) is 13.5. The zero-order valence-corrected chi connectivity index (χ0v) is 21.7. The molecular weight excluding hydrogens is 454 g/mol. The number of ether oxygens (including phenoxy) is 4. The maximum atomic E-state index is 12.4. The number of rotatable bonds is 11. The third kappa shape index (κ3) is 7.11. The van der Waals surface area contributed by atoms with E-state index in [-0.39, 0.29) is 12.1 Å². The zero-order valence-electron chi connectivity index (χ0n) is 21.7. The van der Waals surface area contributed by atoms with Gasteiger partial charge in [0.2, 0.25) is 0 Å². The Bertz CT molecular complexity index is 1010. The molecule has 36 heavy (non-hydrogen) atoms. The lowest BCUT2D eigenvalue weighted by molar-refractivity contribution is -0.136. The number of fused-ring (bicyclic) bond motifs is 1. The molecule has 0 aromatic heterocycles. The van der Waals surface area contributed by atoms with E-state index in [2.05, 4.69) is 42.2 Å². The van der Waals surface area contributed by atoms with Crippen LogP contribution >= 0.6 is 0 Å². The van der Waals surface area contributed by atoms with Gasteiger partial charge in [-0.15, -0.1) is 0 Å². The molecule has 6 heteroatoms. The van der Waals surface area contributed by atoms with E-state index < -0.39 is 0 Å². The monoisotopic (exact) mass is 493 g/mol. The van der Waals surface area contributed by atoms with Gasteiger partial charge in [-0.25, -0.2) is 4.79 Å². The van der Waals surface area contributed by atoms with Crippen LogP contribution in [0.25, 0.3) is 17.2 Å². The summed E-state index contributed by atoms with van der Waals surface area (Å²) in [6, 6.07) is 14.7. The Labute approximate surface area is 215 Å². The van der Waals surface area contributed by atoms with Gasteiger partial charge in [0.05, 0.1) is 19.8 Å². The fourth-order valence-electron chi connectivity index (χ4n) is 4.80. The smallest absolute Gasteiger partial charge is 0.333 e. The van der Waals surface area contributed by atoms with Crippen LogP contribution in [-0.4, -0.2) is 58.7 Å². The molecule has 2 aliphatic heterocycles. The van der Waals surface area contributed by atoms with Gasteiger partial charge in [0.15, 0.2) is 0 Å². The Kier molecular flexibility index (Phi) is 9.82. The molecule has 2 aromatic carbocycles. The summed E-state index contributed by atoms with van der Waals surface area (Å²) in [7, 11) is 1.45. The number of anilines is 1. The Hall–Kier alpha value is -2.83. The number of unbranched alkanes of at least 4 members (excludes halogenated alkanes) is 1. The molecule has 1 saturated heterocycles. The minimum atomic E-state index is -0.251. The Morgan fingerprint density at radius 1 is 1.06 bits per heavy atom. The van der Waals surface area contributed by atoms with Gasteiger partial charge in [-0.3, -0.25) is 0 Å². The van der Waals surface area contributed by atoms with Crippen molar-refractivity contribution in [3.8, 4) is 16.9 Å². The molecular formula is C30H39NO5. The number of carbonyl (C=O) groups is 1. The van der Waals surface area contributed by atoms with Gasteiger partial charge in [-0.1, -0.05) is 31.5 Å². The molecule has 0 N–H and O–H groups in total. The molecule has 0 unspecified atom stereocenters. The number of hydrogen-bond donors (Lipinski definition) is 0. The largest absolute Gasteiger partial charge is 0.491 e. The molecule has 2 heterocycles. The standard InChI is InChI=1S/C30H39NO5/c1-3-4-16-34-18-19-36-27-12-9-23(10-13-27)24-11-14-29-26(20-24)21-25(30(32)33-2)7-5-15-31(29)22-28-8-6-17-35-28/h9-14,20-21,28H,3-8,15-19,22H2,1-2H3/b25-21+/t28-/m1/s1. The maximum Gasteiger partial charge on any atom is 0.333 e. The Morgan fingerprint density at radius 2 is 1.89 bits per heavy atom. The van der Waals surface area contributed by atoms with Crippen LogP contribution in [-0.2, 0) is 19.0 Å². The second-order valence-corrected chi connectivity index (χ2v) is 9.46. The van der Waals surface area contributed by atoms with Gasteiger partial charge in [0.25, 0.3) is 0 Å². The van der Waals surface area contributed by atoms with Gasteiger partial charge >= 0.3 is 5.97 Å². The predicted molar refractivity (Wildman–Crippen MR) is 144 cm³/mol. The lowest BCUT2D eigenvalue weighted by atomic mass is 9.96. The van der Waals surface area contributed by atoms with Crippen molar-refractivity contribution >= 4 is 17.7 Å². The Balaban J connectivity index is 1.52. The summed E-state index contributed by atoms with van der Waals surface area (Å²) < 4.78 is 22.4. The fraction of sp³-hybridized carbons (Fsp3) is 0.500. The van der Waals surface area contributed by atoms with Gasteiger partial charge in [-0.05, 0) is 79.1 Å². The highest BCUT2D eigenvalue weighted by molar-refractivity contribution is 5.95. The molecule has 0 spiro atoms. The summed E-state index contributed by atoms with van der Waals surface area (Å²) >= 11 is 0. The van der Waals surface area contributed by atoms with Crippen molar-refractivity contribution in [1.29, 1.82) is 0 Å². The predicted octanol–water partition coefficient (Wildman–Crippen LogP) is 5.88. The van der Waals surface area contributed by atoms with E-state index in [0.717, 1.165) is 92.1 Å². The number of nitrogens with zero attached hydrogens (tertiary/aromatic N) is 1. The van der Waals surface area contributed by atoms with Crippen LogP contribution < -0.4 is 9.64 Å². The number of methoxy groups -OCH3 is 1. The molecule has 2 aromatic rings. The first-order valence-electron chi connectivity index (χ1n) is 13.3. The van der Waals surface area contributed by atoms with Crippen molar-refractivity contribution in [2.45, 2.75) is 51.6 Å². The molecule has 0 saturated carbocycles. The molecule has 0 amide bonds. The highest BCUT2D eigenvalue weighted by Crippen LogP contribution is 2.33. The molecule has 4 rings (SSSR count). The average molecular weight is 494 g/mol. The van der Waals surface area contributed by atoms with Crippen molar-refractivity contribution < 1.29 is 23.7 Å². The van der Waals surface area contributed by atoms with E-state index in [1.165, 1.54) is 7.11 Å². The highest BCUT2D eigenvalue weighted by Gasteiger charge is 2.23. The number of carbonyl (C=O) groups excluding carboxylic acids is 1. The van der Waals surface area contributed by atoms with Crippen LogP contribution in [0.1, 0.15) is 51.0 Å². The third-order valence-electron chi connectivity index (χ3n) is 6.79. The summed E-state index contributed by atoms with van der Waals surface area (Å²) in [5, 5.41) is 0. The zero-order chi connectivity index (χ0) is 25.2. The van der Waals surface area contributed by atoms with Gasteiger partial charge in [0, 0.05) is 37.6 Å². The number of esters is 1. The van der Waals surface area contributed by atoms with Crippen molar-refractivity contribution in [2.75, 3.05) is 51.5 Å². The van der Waals surface area contributed by atoms with Crippen LogP contribution in [0.3, 0.4) is 0 Å². The van der Waals surface area contributed by atoms with Crippen molar-refractivity contribution in [3.05, 3.63) is 53.6 Å². The van der Waals surface area contributed by atoms with Crippen molar-refractivity contribution in [3.63, 3.8) is 0 Å².